The van der Waals surface area contributed by atoms with Gasteiger partial charge in [0.2, 0.25) is 5.96 Å². The molecule has 0 N–H and O–H groups in total. The second-order valence-electron chi connectivity index (χ2n) is 6.22. The molecule has 1 aromatic heterocycles. The zero-order valence-corrected chi connectivity index (χ0v) is 18.0. The predicted molar refractivity (Wildman–Crippen MR) is 111 cm³/mol. The van der Waals surface area contributed by atoms with Crippen molar-refractivity contribution in [3.8, 4) is 0 Å². The molecule has 0 aliphatic carbocycles. The van der Waals surface area contributed by atoms with E-state index < -0.39 is 11.1 Å². The summed E-state index contributed by atoms with van der Waals surface area (Å²) in [6.07, 6.45) is 2.65. The van der Waals surface area contributed by atoms with Gasteiger partial charge in [0.25, 0.3) is 5.91 Å². The lowest BCUT2D eigenvalue weighted by molar-refractivity contribution is 0.0833. The zero-order chi connectivity index (χ0) is 20.4. The summed E-state index contributed by atoms with van der Waals surface area (Å²) in [5.74, 6) is 0.404. The van der Waals surface area contributed by atoms with Crippen LogP contribution in [0.5, 0.6) is 0 Å². The number of hydrogen-bond acceptors (Lipinski definition) is 7. The number of thiazole rings is 1. The molecule has 2 aromatic rings. The fourth-order valence-corrected chi connectivity index (χ4v) is 4.53. The first-order chi connectivity index (χ1) is 13.5. The Morgan fingerprint density at radius 1 is 1.36 bits per heavy atom. The van der Waals surface area contributed by atoms with E-state index in [1.807, 2.05) is 20.8 Å². The van der Waals surface area contributed by atoms with Gasteiger partial charge in [-0.25, -0.2) is 4.98 Å². The monoisotopic (exact) mass is 419 g/mol. The van der Waals surface area contributed by atoms with Crippen molar-refractivity contribution in [1.29, 1.82) is 0 Å². The Labute approximate surface area is 171 Å². The van der Waals surface area contributed by atoms with Crippen LogP contribution in [0.15, 0.2) is 34.3 Å². The lowest BCUT2D eigenvalue weighted by atomic mass is 10.1. The number of anilines is 1. The number of fused-ring (bicyclic) bond motifs is 3. The Morgan fingerprint density at radius 2 is 2.11 bits per heavy atom. The number of aromatic nitrogens is 1. The van der Waals surface area contributed by atoms with Gasteiger partial charge < -0.3 is 9.45 Å². The van der Waals surface area contributed by atoms with E-state index in [0.29, 0.717) is 24.6 Å². The highest BCUT2D eigenvalue weighted by molar-refractivity contribution is 7.79. The van der Waals surface area contributed by atoms with Gasteiger partial charge in [0.15, 0.2) is 0 Å². The lowest BCUT2D eigenvalue weighted by Crippen LogP contribution is -2.52. The third-order valence-electron chi connectivity index (χ3n) is 4.62. The second-order valence-corrected chi connectivity index (χ2v) is 8.48. The molecule has 1 aromatic carbocycles. The number of hydrogen-bond donors (Lipinski definition) is 0. The molecule has 2 atom stereocenters. The molecule has 9 heteroatoms. The molecule has 1 amide bonds. The van der Waals surface area contributed by atoms with Gasteiger partial charge in [0.1, 0.15) is 0 Å². The number of benzene rings is 1. The molecule has 28 heavy (non-hydrogen) atoms. The van der Waals surface area contributed by atoms with Gasteiger partial charge in [-0.05, 0) is 42.6 Å². The van der Waals surface area contributed by atoms with Gasteiger partial charge in [-0.15, -0.1) is 11.3 Å². The molecule has 0 fully saturated rings. The van der Waals surface area contributed by atoms with Crippen LogP contribution in [0.1, 0.15) is 47.4 Å². The molecular weight excluding hydrogens is 396 g/mol. The van der Waals surface area contributed by atoms with Gasteiger partial charge in [-0.1, -0.05) is 20.8 Å². The third kappa shape index (κ3) is 3.61. The van der Waals surface area contributed by atoms with Gasteiger partial charge in [-0.2, -0.15) is 0 Å². The Kier molecular flexibility index (Phi) is 6.26. The summed E-state index contributed by atoms with van der Waals surface area (Å²) in [7, 11) is 0. The van der Waals surface area contributed by atoms with Crippen LogP contribution in [0, 0.1) is 6.92 Å². The number of aliphatic imine (C=N–C) groups is 1. The summed E-state index contributed by atoms with van der Waals surface area (Å²) >= 11 is -0.846. The Bertz CT molecular complexity index is 941. The lowest BCUT2D eigenvalue weighted by Gasteiger charge is -2.38. The van der Waals surface area contributed by atoms with Gasteiger partial charge in [-0.3, -0.25) is 18.9 Å². The normalized spacial score (nSPS) is 18.8. The van der Waals surface area contributed by atoms with E-state index in [4.69, 9.17) is 0 Å². The summed E-state index contributed by atoms with van der Waals surface area (Å²) in [5.41, 5.74) is 1.12. The van der Waals surface area contributed by atoms with E-state index in [9.17, 15) is 13.6 Å². The fraction of sp³-hybridized carbons (Fsp3) is 0.421. The standard InChI is InChI=1S/C17H18N4O3S2.C2H6/c1-3-11-7-19-17-20(9-12-8-18-10(2)25-12)16(22)14-6-13(26(23)24)4-5-15(14)21(11)17;1-2/h4-6,8,11H,3,7,9H2,1-2H3,(H,23,24);1-2H3/p-1/t11-;/m1./s1. The molecule has 0 bridgehead atoms. The van der Waals surface area contributed by atoms with E-state index in [2.05, 4.69) is 21.8 Å². The molecule has 2 aliphatic heterocycles. The minimum Gasteiger partial charge on any atom is -0.768 e. The Balaban J connectivity index is 0.00000109. The number of nitrogens with zero attached hydrogens (tertiary/aromatic N) is 4. The van der Waals surface area contributed by atoms with Crippen LogP contribution in [-0.2, 0) is 17.6 Å². The van der Waals surface area contributed by atoms with E-state index in [0.717, 1.165) is 22.0 Å². The number of amides is 1. The molecule has 7 nitrogen and oxygen atoms in total. The van der Waals surface area contributed by atoms with Crippen molar-refractivity contribution in [2.75, 3.05) is 11.4 Å². The van der Waals surface area contributed by atoms with E-state index >= 15 is 0 Å². The fourth-order valence-electron chi connectivity index (χ4n) is 3.35. The van der Waals surface area contributed by atoms with Crippen LogP contribution in [0.3, 0.4) is 0 Å². The Hall–Kier alpha value is -2.10. The van der Waals surface area contributed by atoms with Crippen LogP contribution in [0.4, 0.5) is 5.69 Å². The number of carbonyl (C=O) groups is 1. The maximum Gasteiger partial charge on any atom is 0.263 e. The molecule has 150 valence electrons. The van der Waals surface area contributed by atoms with Crippen molar-refractivity contribution in [1.82, 2.24) is 9.88 Å². The van der Waals surface area contributed by atoms with Crippen LogP contribution in [0.2, 0.25) is 0 Å². The minimum absolute atomic E-state index is 0.110. The summed E-state index contributed by atoms with van der Waals surface area (Å²) in [6, 6.07) is 4.84. The first kappa shape index (κ1) is 20.6. The molecule has 1 unspecified atom stereocenters. The van der Waals surface area contributed by atoms with Gasteiger partial charge in [0, 0.05) is 16.0 Å². The summed E-state index contributed by atoms with van der Waals surface area (Å²) < 4.78 is 22.7. The first-order valence-corrected chi connectivity index (χ1v) is 11.2. The molecule has 2 aliphatic rings. The predicted octanol–water partition coefficient (Wildman–Crippen LogP) is 3.33. The maximum absolute atomic E-state index is 13.1. The molecular formula is C19H23N4O3S2-. The summed E-state index contributed by atoms with van der Waals surface area (Å²) in [6.45, 7) is 8.99. The molecule has 3 heterocycles. The molecule has 4 rings (SSSR count). The number of carbonyl (C=O) groups excluding carboxylic acids is 1. The number of rotatable bonds is 4. The van der Waals surface area contributed by atoms with E-state index in [1.165, 1.54) is 23.5 Å². The van der Waals surface area contributed by atoms with Crippen LogP contribution >= 0.6 is 11.3 Å². The first-order valence-electron chi connectivity index (χ1n) is 9.29. The van der Waals surface area contributed by atoms with Crippen molar-refractivity contribution < 1.29 is 13.6 Å². The summed E-state index contributed by atoms with van der Waals surface area (Å²) in [4.78, 5) is 26.8. The highest BCUT2D eigenvalue weighted by atomic mass is 32.2. The average molecular weight is 420 g/mol. The topological polar surface area (TPSA) is 88.9 Å². The largest absolute Gasteiger partial charge is 0.768 e. The van der Waals surface area contributed by atoms with Gasteiger partial charge in [0.05, 0.1) is 35.4 Å². The highest BCUT2D eigenvalue weighted by Crippen LogP contribution is 2.36. The highest BCUT2D eigenvalue weighted by Gasteiger charge is 2.41. The Morgan fingerprint density at radius 3 is 2.71 bits per heavy atom. The smallest absolute Gasteiger partial charge is 0.263 e. The molecule has 0 spiro atoms. The quantitative estimate of drug-likeness (QED) is 0.709. The number of aryl methyl sites for hydroxylation is 1. The third-order valence-corrected chi connectivity index (χ3v) is 6.15. The SMILES string of the molecule is CC.CC[C@@H]1CN=C2N(Cc3cnc(C)s3)C(=O)c3cc(S(=O)[O-])ccc3N21. The van der Waals surface area contributed by atoms with Crippen LogP contribution in [-0.4, -0.2) is 43.1 Å². The van der Waals surface area contributed by atoms with Gasteiger partial charge >= 0.3 is 0 Å². The van der Waals surface area contributed by atoms with Crippen molar-refractivity contribution in [3.63, 3.8) is 0 Å². The second kappa shape index (κ2) is 8.50. The maximum atomic E-state index is 13.1. The van der Waals surface area contributed by atoms with Crippen molar-refractivity contribution in [2.24, 2.45) is 4.99 Å². The number of guanidine groups is 1. The van der Waals surface area contributed by atoms with Crippen molar-refractivity contribution in [3.05, 3.63) is 39.8 Å². The van der Waals surface area contributed by atoms with E-state index in [1.54, 1.807) is 17.2 Å². The minimum atomic E-state index is -2.38. The molecule has 0 saturated carbocycles. The zero-order valence-electron chi connectivity index (χ0n) is 16.3. The average Bonchev–Trinajstić information content (AvgIpc) is 3.32. The van der Waals surface area contributed by atoms with Crippen LogP contribution < -0.4 is 4.90 Å². The summed E-state index contributed by atoms with van der Waals surface area (Å²) in [5, 5.41) is 0.936. The van der Waals surface area contributed by atoms with Crippen molar-refractivity contribution in [2.45, 2.75) is 51.6 Å². The van der Waals surface area contributed by atoms with E-state index in [-0.39, 0.29) is 16.8 Å². The molecule has 0 saturated heterocycles. The van der Waals surface area contributed by atoms with Crippen LogP contribution in [0.25, 0.3) is 0 Å². The van der Waals surface area contributed by atoms with Crippen molar-refractivity contribution >= 4 is 40.0 Å². The molecule has 0 radical (unpaired) electrons.